The number of benzene rings is 3. The Kier molecular flexibility index (Phi) is 9.09. The topological polar surface area (TPSA) is 120 Å². The van der Waals surface area contributed by atoms with E-state index in [4.69, 9.17) is 4.74 Å². The number of urea groups is 1. The van der Waals surface area contributed by atoms with Gasteiger partial charge in [0.15, 0.2) is 0 Å². The highest BCUT2D eigenvalue weighted by Gasteiger charge is 2.35. The number of ether oxygens (including phenoxy) is 1. The van der Waals surface area contributed by atoms with Crippen molar-refractivity contribution in [3.63, 3.8) is 0 Å². The van der Waals surface area contributed by atoms with E-state index in [1.54, 1.807) is 12.1 Å². The third kappa shape index (κ3) is 6.74. The van der Waals surface area contributed by atoms with E-state index in [0.717, 1.165) is 79.4 Å². The average Bonchev–Trinajstić information content (AvgIpc) is 2.97. The molecule has 1 heterocycles. The lowest BCUT2D eigenvalue weighted by Gasteiger charge is -2.40. The highest BCUT2D eigenvalue weighted by Crippen LogP contribution is 2.31. The van der Waals surface area contributed by atoms with E-state index in [9.17, 15) is 19.5 Å². The first-order valence-corrected chi connectivity index (χ1v) is 14.7. The van der Waals surface area contributed by atoms with E-state index >= 15 is 0 Å². The first-order chi connectivity index (χ1) is 20.2. The number of rotatable bonds is 7. The number of carboxylic acids is 1. The summed E-state index contributed by atoms with van der Waals surface area (Å²) in [4.78, 5) is 41.7. The van der Waals surface area contributed by atoms with Crippen molar-refractivity contribution in [2.75, 3.05) is 36.9 Å². The zero-order valence-electron chi connectivity index (χ0n) is 24.5. The highest BCUT2D eigenvalue weighted by molar-refractivity contribution is 6.10. The summed E-state index contributed by atoms with van der Waals surface area (Å²) in [6.45, 7) is 9.15. The lowest BCUT2D eigenvalue weighted by molar-refractivity contribution is -0.141. The lowest BCUT2D eigenvalue weighted by atomic mass is 9.80. The Labute approximate surface area is 246 Å². The van der Waals surface area contributed by atoms with Crippen LogP contribution >= 0.6 is 0 Å². The second-order valence-corrected chi connectivity index (χ2v) is 11.6. The van der Waals surface area contributed by atoms with Crippen LogP contribution in [0.2, 0.25) is 0 Å². The van der Waals surface area contributed by atoms with Gasteiger partial charge in [-0.05, 0) is 86.4 Å². The number of hydrogen-bond acceptors (Lipinski definition) is 5. The normalized spacial score (nSPS) is 20.1. The van der Waals surface area contributed by atoms with E-state index in [2.05, 4.69) is 20.9 Å². The van der Waals surface area contributed by atoms with E-state index in [-0.39, 0.29) is 11.5 Å². The average molecular weight is 573 g/mol. The van der Waals surface area contributed by atoms with Crippen LogP contribution in [0, 0.1) is 26.7 Å². The van der Waals surface area contributed by atoms with E-state index in [0.29, 0.717) is 17.4 Å². The van der Waals surface area contributed by atoms with Crippen molar-refractivity contribution in [2.45, 2.75) is 58.5 Å². The minimum Gasteiger partial charge on any atom is -0.480 e. The summed E-state index contributed by atoms with van der Waals surface area (Å²) < 4.78 is 5.47. The SMILES string of the molecule is Cc1cc(C)c(NC(=O)Nc2cc3ccccc3cc2C(=O)NC(C(=O)O)[C@H]2CC[C@H](N3CCOCC3)CC2)c(C)c1. The molecule has 9 nitrogen and oxygen atoms in total. The van der Waals surface area contributed by atoms with Gasteiger partial charge in [0.2, 0.25) is 0 Å². The van der Waals surface area contributed by atoms with Crippen LogP contribution in [0.25, 0.3) is 10.8 Å². The van der Waals surface area contributed by atoms with E-state index in [1.807, 2.05) is 57.2 Å². The monoisotopic (exact) mass is 572 g/mol. The van der Waals surface area contributed by atoms with Crippen molar-refractivity contribution in [3.05, 3.63) is 70.8 Å². The molecule has 3 aromatic rings. The maximum Gasteiger partial charge on any atom is 0.326 e. The molecule has 9 heteroatoms. The number of carboxylic acid groups (broad SMARTS) is 1. The molecule has 4 N–H and O–H groups in total. The third-order valence-corrected chi connectivity index (χ3v) is 8.62. The summed E-state index contributed by atoms with van der Waals surface area (Å²) >= 11 is 0. The van der Waals surface area contributed by atoms with E-state index in [1.165, 1.54) is 0 Å². The van der Waals surface area contributed by atoms with Gasteiger partial charge in [0.1, 0.15) is 6.04 Å². The van der Waals surface area contributed by atoms with Gasteiger partial charge in [-0.2, -0.15) is 0 Å². The number of morpholine rings is 1. The molecule has 5 rings (SSSR count). The van der Waals surface area contributed by atoms with Gasteiger partial charge in [-0.3, -0.25) is 9.69 Å². The Balaban J connectivity index is 1.34. The Bertz CT molecular complexity index is 1450. The van der Waals surface area contributed by atoms with Crippen molar-refractivity contribution in [2.24, 2.45) is 5.92 Å². The van der Waals surface area contributed by atoms with Crippen LogP contribution in [0.4, 0.5) is 16.2 Å². The predicted octanol–water partition coefficient (Wildman–Crippen LogP) is 5.48. The Hall–Kier alpha value is -3.95. The van der Waals surface area contributed by atoms with Gasteiger partial charge in [-0.1, -0.05) is 42.0 Å². The molecule has 222 valence electrons. The molecule has 1 unspecified atom stereocenters. The number of hydrogen-bond donors (Lipinski definition) is 4. The molecule has 1 saturated carbocycles. The zero-order chi connectivity index (χ0) is 29.8. The van der Waals surface area contributed by atoms with Crippen LogP contribution in [-0.4, -0.2) is 66.3 Å². The Morgan fingerprint density at radius 2 is 1.50 bits per heavy atom. The number of carbonyl (C=O) groups is 3. The zero-order valence-corrected chi connectivity index (χ0v) is 24.5. The fourth-order valence-corrected chi connectivity index (χ4v) is 6.52. The van der Waals surface area contributed by atoms with Crippen LogP contribution in [0.15, 0.2) is 48.5 Å². The Morgan fingerprint density at radius 1 is 0.881 bits per heavy atom. The number of carbonyl (C=O) groups excluding carboxylic acids is 2. The van der Waals surface area contributed by atoms with Crippen molar-refractivity contribution < 1.29 is 24.2 Å². The van der Waals surface area contributed by atoms with Crippen LogP contribution in [0.3, 0.4) is 0 Å². The molecule has 1 aliphatic carbocycles. The summed E-state index contributed by atoms with van der Waals surface area (Å²) in [6, 6.07) is 13.9. The quantitative estimate of drug-likeness (QED) is 0.298. The van der Waals surface area contributed by atoms with E-state index < -0.39 is 23.9 Å². The smallest absolute Gasteiger partial charge is 0.326 e. The number of aryl methyl sites for hydroxylation is 3. The molecule has 3 aromatic carbocycles. The van der Waals surface area contributed by atoms with Crippen LogP contribution < -0.4 is 16.0 Å². The molecule has 42 heavy (non-hydrogen) atoms. The van der Waals surface area contributed by atoms with Gasteiger partial charge < -0.3 is 25.8 Å². The summed E-state index contributed by atoms with van der Waals surface area (Å²) in [5.74, 6) is -1.74. The van der Waals surface area contributed by atoms with Crippen molar-refractivity contribution in [3.8, 4) is 0 Å². The van der Waals surface area contributed by atoms with Gasteiger partial charge >= 0.3 is 12.0 Å². The number of nitrogens with one attached hydrogen (secondary N) is 3. The first-order valence-electron chi connectivity index (χ1n) is 14.7. The maximum absolute atomic E-state index is 13.7. The molecule has 2 fully saturated rings. The third-order valence-electron chi connectivity index (χ3n) is 8.62. The number of aliphatic carboxylic acids is 1. The molecule has 0 aromatic heterocycles. The summed E-state index contributed by atoms with van der Waals surface area (Å²) in [7, 11) is 0. The lowest BCUT2D eigenvalue weighted by Crippen LogP contribution is -2.50. The predicted molar refractivity (Wildman–Crippen MR) is 164 cm³/mol. The number of fused-ring (bicyclic) bond motifs is 1. The van der Waals surface area contributed by atoms with Crippen molar-refractivity contribution in [1.82, 2.24) is 10.2 Å². The van der Waals surface area contributed by atoms with Crippen LogP contribution in [0.1, 0.15) is 52.7 Å². The van der Waals surface area contributed by atoms with Crippen molar-refractivity contribution >= 4 is 40.1 Å². The molecule has 0 radical (unpaired) electrons. The van der Waals surface area contributed by atoms with Crippen LogP contribution in [0.5, 0.6) is 0 Å². The maximum atomic E-state index is 13.7. The number of nitrogens with zero attached hydrogens (tertiary/aromatic N) is 1. The molecule has 1 saturated heterocycles. The summed E-state index contributed by atoms with van der Waals surface area (Å²) in [5, 5.41) is 20.4. The standard InChI is InChI=1S/C33H40N4O5/c1-20-16-21(2)29(22(3)17-20)36-33(41)34-28-19-25-7-5-4-6-24(25)18-27(28)31(38)35-30(32(39)40)23-8-10-26(11-9-23)37-12-14-42-15-13-37/h4-7,16-19,23,26,30H,8-15H2,1-3H3,(H,35,38)(H,39,40)(H2,34,36,41)/t23-,26-,30?. The fraction of sp³-hybridized carbons (Fsp3) is 0.424. The molecule has 0 spiro atoms. The fourth-order valence-electron chi connectivity index (χ4n) is 6.52. The minimum absolute atomic E-state index is 0.170. The molecule has 3 amide bonds. The van der Waals surface area contributed by atoms with Gasteiger partial charge in [0.25, 0.3) is 5.91 Å². The molecule has 1 atom stereocenters. The number of anilines is 2. The Morgan fingerprint density at radius 3 is 2.12 bits per heavy atom. The van der Waals surface area contributed by atoms with Gasteiger partial charge in [0, 0.05) is 24.8 Å². The molecule has 2 aliphatic rings. The molecular formula is C33H40N4O5. The van der Waals surface area contributed by atoms with Crippen molar-refractivity contribution in [1.29, 1.82) is 0 Å². The van der Waals surface area contributed by atoms with Crippen LogP contribution in [-0.2, 0) is 9.53 Å². The number of amides is 3. The van der Waals surface area contributed by atoms with Gasteiger partial charge in [-0.15, -0.1) is 0 Å². The second kappa shape index (κ2) is 12.9. The van der Waals surface area contributed by atoms with Gasteiger partial charge in [0.05, 0.1) is 24.5 Å². The van der Waals surface area contributed by atoms with Gasteiger partial charge in [-0.25, -0.2) is 9.59 Å². The molecular weight excluding hydrogens is 532 g/mol. The second-order valence-electron chi connectivity index (χ2n) is 11.6. The molecule has 1 aliphatic heterocycles. The first kappa shape index (κ1) is 29.5. The summed E-state index contributed by atoms with van der Waals surface area (Å²) in [6.07, 6.45) is 3.23. The highest BCUT2D eigenvalue weighted by atomic mass is 16.5. The summed E-state index contributed by atoms with van der Waals surface area (Å²) in [5.41, 5.74) is 4.22. The minimum atomic E-state index is -1.04. The molecule has 0 bridgehead atoms. The largest absolute Gasteiger partial charge is 0.480 e.